The quantitative estimate of drug-likeness (QED) is 0.425. The number of aromatic amines is 1. The Labute approximate surface area is 63.9 Å². The Bertz CT molecular complexity index is 392. The first-order valence-corrected chi connectivity index (χ1v) is 3.47. The van der Waals surface area contributed by atoms with Crippen molar-refractivity contribution in [3.05, 3.63) is 30.1 Å². The van der Waals surface area contributed by atoms with Gasteiger partial charge in [-0.1, -0.05) is 0 Å². The van der Waals surface area contributed by atoms with Crippen molar-refractivity contribution in [2.45, 2.75) is 6.92 Å². The van der Waals surface area contributed by atoms with Crippen LogP contribution in [0.3, 0.4) is 0 Å². The predicted octanol–water partition coefficient (Wildman–Crippen LogP) is 1.00. The van der Waals surface area contributed by atoms with E-state index >= 15 is 0 Å². The van der Waals surface area contributed by atoms with Crippen LogP contribution in [0.4, 0.5) is 0 Å². The minimum atomic E-state index is 0.741. The van der Waals surface area contributed by atoms with Crippen LogP contribution in [0.25, 0.3) is 11.0 Å². The van der Waals surface area contributed by atoms with E-state index in [0.29, 0.717) is 0 Å². The highest BCUT2D eigenvalue weighted by atomic mass is 16.5. The van der Waals surface area contributed by atoms with Crippen molar-refractivity contribution in [2.75, 3.05) is 0 Å². The van der Waals surface area contributed by atoms with E-state index in [-0.39, 0.29) is 0 Å². The average molecular weight is 149 g/mol. The van der Waals surface area contributed by atoms with Gasteiger partial charge < -0.3 is 5.21 Å². The number of hydrogen-bond acceptors (Lipinski definition) is 1. The van der Waals surface area contributed by atoms with E-state index in [9.17, 15) is 5.21 Å². The van der Waals surface area contributed by atoms with Crippen molar-refractivity contribution >= 4 is 11.0 Å². The molecule has 56 valence electrons. The standard InChI is InChI=1S/C8H8N2O/c1-6-2-3-7-4-5-9-8(7)10(6)11/h2-5,11H,1H3/p+1. The molecule has 2 N–H and O–H groups in total. The summed E-state index contributed by atoms with van der Waals surface area (Å²) in [5.41, 5.74) is 1.56. The van der Waals surface area contributed by atoms with Crippen molar-refractivity contribution in [2.24, 2.45) is 0 Å². The Hall–Kier alpha value is -1.51. The molecular weight excluding hydrogens is 140 g/mol. The predicted molar refractivity (Wildman–Crippen MR) is 40.4 cm³/mol. The summed E-state index contributed by atoms with van der Waals surface area (Å²) >= 11 is 0. The molecule has 0 spiro atoms. The topological polar surface area (TPSA) is 39.9 Å². The minimum absolute atomic E-state index is 0.741. The van der Waals surface area contributed by atoms with Gasteiger partial charge in [0.2, 0.25) is 0 Å². The molecule has 0 fully saturated rings. The molecular formula is C8H9N2O+. The Kier molecular flexibility index (Phi) is 1.12. The molecule has 2 heterocycles. The first-order valence-electron chi connectivity index (χ1n) is 3.47. The fourth-order valence-electron chi connectivity index (χ4n) is 1.15. The second kappa shape index (κ2) is 1.99. The molecule has 0 aliphatic carbocycles. The van der Waals surface area contributed by atoms with Gasteiger partial charge in [0.1, 0.15) is 5.69 Å². The SMILES string of the molecule is Cc1ccc2cc[nH]c2[n+]1O. The second-order valence-electron chi connectivity index (χ2n) is 2.57. The molecule has 0 unspecified atom stereocenters. The van der Waals surface area contributed by atoms with E-state index in [1.165, 1.54) is 0 Å². The zero-order chi connectivity index (χ0) is 7.84. The zero-order valence-corrected chi connectivity index (χ0v) is 6.20. The summed E-state index contributed by atoms with van der Waals surface area (Å²) in [6, 6.07) is 5.76. The molecule has 2 rings (SSSR count). The van der Waals surface area contributed by atoms with E-state index in [1.54, 1.807) is 6.20 Å². The zero-order valence-electron chi connectivity index (χ0n) is 6.20. The fraction of sp³-hybridized carbons (Fsp3) is 0.125. The number of nitrogens with zero attached hydrogens (tertiary/aromatic N) is 1. The Morgan fingerprint density at radius 3 is 3.00 bits per heavy atom. The number of pyridine rings is 1. The molecule has 0 atom stereocenters. The molecule has 0 amide bonds. The van der Waals surface area contributed by atoms with Crippen molar-refractivity contribution in [3.8, 4) is 0 Å². The van der Waals surface area contributed by atoms with Gasteiger partial charge in [0, 0.05) is 6.92 Å². The molecule has 0 bridgehead atoms. The van der Waals surface area contributed by atoms with Gasteiger partial charge in [-0.05, 0) is 22.9 Å². The number of aromatic nitrogens is 2. The number of hydrogen-bond donors (Lipinski definition) is 2. The monoisotopic (exact) mass is 149 g/mol. The third kappa shape index (κ3) is 0.774. The van der Waals surface area contributed by atoms with E-state index < -0.39 is 0 Å². The third-order valence-corrected chi connectivity index (χ3v) is 1.81. The molecule has 0 aliphatic rings. The summed E-state index contributed by atoms with van der Waals surface area (Å²) in [5.74, 6) is 0. The lowest BCUT2D eigenvalue weighted by Gasteiger charge is -1.93. The van der Waals surface area contributed by atoms with Crippen molar-refractivity contribution in [1.82, 2.24) is 4.98 Å². The molecule has 0 aliphatic heterocycles. The van der Waals surface area contributed by atoms with Crippen LogP contribution >= 0.6 is 0 Å². The third-order valence-electron chi connectivity index (χ3n) is 1.81. The highest BCUT2D eigenvalue weighted by molar-refractivity contribution is 5.71. The Morgan fingerprint density at radius 2 is 2.18 bits per heavy atom. The van der Waals surface area contributed by atoms with Gasteiger partial charge in [0.25, 0.3) is 0 Å². The van der Waals surface area contributed by atoms with Crippen LogP contribution < -0.4 is 4.73 Å². The summed E-state index contributed by atoms with van der Waals surface area (Å²) in [5, 5.41) is 10.4. The van der Waals surface area contributed by atoms with Crippen LogP contribution in [-0.4, -0.2) is 10.2 Å². The molecule has 3 heteroatoms. The number of rotatable bonds is 0. The molecule has 0 aromatic carbocycles. The molecule has 3 nitrogen and oxygen atoms in total. The van der Waals surface area contributed by atoms with Gasteiger partial charge >= 0.3 is 5.65 Å². The maximum Gasteiger partial charge on any atom is 0.326 e. The van der Waals surface area contributed by atoms with Crippen molar-refractivity contribution in [3.63, 3.8) is 0 Å². The van der Waals surface area contributed by atoms with Gasteiger partial charge in [-0.2, -0.15) is 0 Å². The first kappa shape index (κ1) is 6.22. The van der Waals surface area contributed by atoms with E-state index in [1.807, 2.05) is 25.1 Å². The van der Waals surface area contributed by atoms with Crippen LogP contribution in [0, 0.1) is 6.92 Å². The van der Waals surface area contributed by atoms with Crippen LogP contribution in [0.2, 0.25) is 0 Å². The lowest BCUT2D eigenvalue weighted by atomic mass is 10.3. The van der Waals surface area contributed by atoms with Crippen LogP contribution in [0.1, 0.15) is 5.69 Å². The summed E-state index contributed by atoms with van der Waals surface area (Å²) < 4.78 is 1.15. The average Bonchev–Trinajstić information content (AvgIpc) is 2.45. The summed E-state index contributed by atoms with van der Waals surface area (Å²) in [6.45, 7) is 1.85. The van der Waals surface area contributed by atoms with Crippen LogP contribution in [0.15, 0.2) is 24.4 Å². The highest BCUT2D eigenvalue weighted by Gasteiger charge is 2.08. The number of nitrogens with one attached hydrogen (secondary N) is 1. The van der Waals surface area contributed by atoms with Gasteiger partial charge in [0.05, 0.1) is 11.6 Å². The Balaban J connectivity index is 2.93. The number of fused-ring (bicyclic) bond motifs is 1. The van der Waals surface area contributed by atoms with Gasteiger partial charge in [-0.25, -0.2) is 4.98 Å². The molecule has 0 saturated carbocycles. The summed E-state index contributed by atoms with van der Waals surface area (Å²) in [7, 11) is 0. The molecule has 2 aromatic heterocycles. The van der Waals surface area contributed by atoms with Gasteiger partial charge in [-0.3, -0.25) is 0 Å². The lowest BCUT2D eigenvalue weighted by Crippen LogP contribution is -2.34. The summed E-state index contributed by atoms with van der Waals surface area (Å²) in [4.78, 5) is 2.94. The van der Waals surface area contributed by atoms with Gasteiger partial charge in [-0.15, -0.1) is 0 Å². The number of H-pyrrole nitrogens is 1. The lowest BCUT2D eigenvalue weighted by molar-refractivity contribution is -0.890. The molecule has 0 radical (unpaired) electrons. The van der Waals surface area contributed by atoms with Crippen molar-refractivity contribution in [1.29, 1.82) is 0 Å². The van der Waals surface area contributed by atoms with E-state index in [2.05, 4.69) is 4.98 Å². The van der Waals surface area contributed by atoms with Crippen LogP contribution in [-0.2, 0) is 0 Å². The van der Waals surface area contributed by atoms with Crippen molar-refractivity contribution < 1.29 is 9.94 Å². The normalized spacial score (nSPS) is 10.6. The van der Waals surface area contributed by atoms with E-state index in [0.717, 1.165) is 21.5 Å². The minimum Gasteiger partial charge on any atom is -0.349 e. The summed E-state index contributed by atoms with van der Waals surface area (Å²) in [6.07, 6.45) is 1.80. The Morgan fingerprint density at radius 1 is 1.36 bits per heavy atom. The molecule has 0 saturated heterocycles. The van der Waals surface area contributed by atoms with Crippen LogP contribution in [0.5, 0.6) is 0 Å². The largest absolute Gasteiger partial charge is 0.349 e. The molecule has 11 heavy (non-hydrogen) atoms. The maximum atomic E-state index is 9.43. The smallest absolute Gasteiger partial charge is 0.326 e. The van der Waals surface area contributed by atoms with Gasteiger partial charge in [0.15, 0.2) is 0 Å². The first-order chi connectivity index (χ1) is 5.29. The highest BCUT2D eigenvalue weighted by Crippen LogP contribution is 2.06. The fourth-order valence-corrected chi connectivity index (χ4v) is 1.15. The van der Waals surface area contributed by atoms with E-state index in [4.69, 9.17) is 0 Å². The second-order valence-corrected chi connectivity index (χ2v) is 2.57. The molecule has 2 aromatic rings. The number of aryl methyl sites for hydroxylation is 1. The maximum absolute atomic E-state index is 9.43.